The Morgan fingerprint density at radius 3 is 2.68 bits per heavy atom. The molecule has 1 aliphatic rings. The Hall–Kier alpha value is -3.28. The molecule has 0 radical (unpaired) electrons. The molecule has 3 N–H and O–H groups in total. The maximum absolute atomic E-state index is 12.7. The number of nitrogens with one attached hydrogen (secondary N) is 2. The van der Waals surface area contributed by atoms with E-state index in [0.717, 1.165) is 31.4 Å². The van der Waals surface area contributed by atoms with Gasteiger partial charge in [0.25, 0.3) is 5.56 Å². The first-order valence-electron chi connectivity index (χ1n) is 11.8. The van der Waals surface area contributed by atoms with E-state index in [-0.39, 0.29) is 23.5 Å². The molecule has 1 fully saturated rings. The van der Waals surface area contributed by atoms with Crippen LogP contribution in [0, 0.1) is 0 Å². The molecule has 1 aliphatic heterocycles. The van der Waals surface area contributed by atoms with Gasteiger partial charge in [0.2, 0.25) is 5.91 Å². The van der Waals surface area contributed by atoms with Gasteiger partial charge in [0.05, 0.1) is 17.8 Å². The molecule has 12 nitrogen and oxygen atoms in total. The van der Waals surface area contributed by atoms with Crippen molar-refractivity contribution in [3.05, 3.63) is 38.6 Å². The third-order valence-corrected chi connectivity index (χ3v) is 6.51. The average molecular weight is 473 g/mol. The average Bonchev–Trinajstić information content (AvgIpc) is 3.44. The van der Waals surface area contributed by atoms with Crippen LogP contribution in [0.5, 0.6) is 0 Å². The van der Waals surface area contributed by atoms with Crippen LogP contribution >= 0.6 is 0 Å². The molecule has 0 aromatic carbocycles. The van der Waals surface area contributed by atoms with Crippen molar-refractivity contribution in [1.29, 1.82) is 0 Å². The molecule has 0 unspecified atom stereocenters. The molecule has 0 atom stereocenters. The zero-order chi connectivity index (χ0) is 24.3. The number of hydrogen-bond donors (Lipinski definition) is 3. The van der Waals surface area contributed by atoms with E-state index in [1.54, 1.807) is 9.58 Å². The van der Waals surface area contributed by atoms with Crippen molar-refractivity contribution < 1.29 is 9.90 Å². The van der Waals surface area contributed by atoms with E-state index in [4.69, 9.17) is 0 Å². The fraction of sp³-hybridized carbons (Fsp3) is 0.636. The summed E-state index contributed by atoms with van der Waals surface area (Å²) in [5.74, 6) is 0.439. The predicted molar refractivity (Wildman–Crippen MR) is 124 cm³/mol. The fourth-order valence-electron chi connectivity index (χ4n) is 4.37. The van der Waals surface area contributed by atoms with Crippen LogP contribution in [-0.4, -0.2) is 69.1 Å². The second-order valence-corrected chi connectivity index (χ2v) is 9.17. The lowest BCUT2D eigenvalue weighted by Crippen LogP contribution is -2.48. The third kappa shape index (κ3) is 5.27. The Kier molecular flexibility index (Phi) is 6.96. The van der Waals surface area contributed by atoms with Gasteiger partial charge in [-0.25, -0.2) is 14.5 Å². The molecule has 184 valence electrons. The maximum Gasteiger partial charge on any atom is 0.329 e. The molecule has 0 spiro atoms. The Labute approximate surface area is 196 Å². The number of aromatic amines is 2. The summed E-state index contributed by atoms with van der Waals surface area (Å²) in [5.41, 5.74) is -0.562. The minimum Gasteiger partial charge on any atom is -0.388 e. The fourth-order valence-corrected chi connectivity index (χ4v) is 4.37. The number of nitrogens with zero attached hydrogens (tertiary/aromatic N) is 6. The van der Waals surface area contributed by atoms with Gasteiger partial charge in [0.1, 0.15) is 11.3 Å². The molecule has 12 heteroatoms. The third-order valence-electron chi connectivity index (χ3n) is 6.51. The van der Waals surface area contributed by atoms with Crippen LogP contribution in [0.4, 0.5) is 0 Å². The molecule has 0 saturated carbocycles. The van der Waals surface area contributed by atoms with Crippen molar-refractivity contribution >= 4 is 17.1 Å². The molecule has 4 heterocycles. The zero-order valence-electron chi connectivity index (χ0n) is 19.7. The molecule has 34 heavy (non-hydrogen) atoms. The summed E-state index contributed by atoms with van der Waals surface area (Å²) >= 11 is 0. The highest BCUT2D eigenvalue weighted by molar-refractivity contribution is 5.76. The predicted octanol–water partition coefficient (Wildman–Crippen LogP) is 0.260. The smallest absolute Gasteiger partial charge is 0.329 e. The van der Waals surface area contributed by atoms with Crippen molar-refractivity contribution in [2.75, 3.05) is 13.1 Å². The SMILES string of the molecule is CCCCCc1cn(CC2(O)CCN(C(=O)CCc3nc4c([nH]3)c(=O)[nH]c(=O)n4C)CC2)nn1. The minimum absolute atomic E-state index is 0.0377. The quantitative estimate of drug-likeness (QED) is 0.377. The molecule has 3 aromatic rings. The van der Waals surface area contributed by atoms with E-state index in [2.05, 4.69) is 32.2 Å². The van der Waals surface area contributed by atoms with Crippen LogP contribution in [0.3, 0.4) is 0 Å². The van der Waals surface area contributed by atoms with Crippen LogP contribution in [0.1, 0.15) is 57.0 Å². The number of carbonyl (C=O) groups is 1. The molecule has 0 aliphatic carbocycles. The van der Waals surface area contributed by atoms with E-state index in [1.807, 2.05) is 6.20 Å². The van der Waals surface area contributed by atoms with E-state index in [9.17, 15) is 19.5 Å². The first-order valence-corrected chi connectivity index (χ1v) is 11.8. The normalized spacial score (nSPS) is 15.8. The summed E-state index contributed by atoms with van der Waals surface area (Å²) in [4.78, 5) is 47.6. The molecular formula is C22H32N8O4. The van der Waals surface area contributed by atoms with Gasteiger partial charge in [-0.1, -0.05) is 25.0 Å². The van der Waals surface area contributed by atoms with E-state index in [0.29, 0.717) is 44.7 Å². The number of rotatable bonds is 9. The summed E-state index contributed by atoms with van der Waals surface area (Å²) < 4.78 is 2.96. The van der Waals surface area contributed by atoms with Gasteiger partial charge in [-0.3, -0.25) is 19.1 Å². The lowest BCUT2D eigenvalue weighted by molar-refractivity contribution is -0.135. The number of unbranched alkanes of at least 4 members (excludes halogenated alkanes) is 2. The van der Waals surface area contributed by atoms with Crippen molar-refractivity contribution in [3.8, 4) is 0 Å². The number of carbonyl (C=O) groups excluding carboxylic acids is 1. The summed E-state index contributed by atoms with van der Waals surface area (Å²) in [7, 11) is 1.53. The second-order valence-electron chi connectivity index (χ2n) is 9.17. The number of piperidine rings is 1. The van der Waals surface area contributed by atoms with Crippen LogP contribution < -0.4 is 11.2 Å². The number of fused-ring (bicyclic) bond motifs is 1. The number of imidazole rings is 1. The highest BCUT2D eigenvalue weighted by Crippen LogP contribution is 2.24. The van der Waals surface area contributed by atoms with E-state index < -0.39 is 16.9 Å². The monoisotopic (exact) mass is 472 g/mol. The number of hydrogen-bond acceptors (Lipinski definition) is 7. The number of aromatic nitrogens is 7. The summed E-state index contributed by atoms with van der Waals surface area (Å²) in [5, 5.41) is 19.4. The largest absolute Gasteiger partial charge is 0.388 e. The van der Waals surface area contributed by atoms with Gasteiger partial charge in [-0.2, -0.15) is 0 Å². The first kappa shape index (κ1) is 23.9. The number of aryl methyl sites for hydroxylation is 3. The summed E-state index contributed by atoms with van der Waals surface area (Å²) in [6.07, 6.45) is 7.66. The Morgan fingerprint density at radius 2 is 1.94 bits per heavy atom. The van der Waals surface area contributed by atoms with Crippen LogP contribution in [0.25, 0.3) is 11.2 Å². The highest BCUT2D eigenvalue weighted by atomic mass is 16.3. The van der Waals surface area contributed by atoms with Crippen LogP contribution in [0.2, 0.25) is 0 Å². The van der Waals surface area contributed by atoms with Gasteiger partial charge < -0.3 is 15.0 Å². The number of likely N-dealkylation sites (tertiary alicyclic amines) is 1. The Morgan fingerprint density at radius 1 is 1.18 bits per heavy atom. The summed E-state index contributed by atoms with van der Waals surface area (Å²) in [6, 6.07) is 0. The van der Waals surface area contributed by atoms with Gasteiger partial charge in [0, 0.05) is 39.2 Å². The maximum atomic E-state index is 12.7. The topological polar surface area (TPSA) is 155 Å². The molecular weight excluding hydrogens is 440 g/mol. The lowest BCUT2D eigenvalue weighted by atomic mass is 9.91. The number of amides is 1. The first-order chi connectivity index (χ1) is 16.3. The van der Waals surface area contributed by atoms with E-state index in [1.165, 1.54) is 11.6 Å². The molecule has 0 bridgehead atoms. The van der Waals surface area contributed by atoms with Gasteiger partial charge in [0.15, 0.2) is 5.65 Å². The lowest BCUT2D eigenvalue weighted by Gasteiger charge is -2.38. The van der Waals surface area contributed by atoms with Crippen LogP contribution in [-0.2, 0) is 31.2 Å². The van der Waals surface area contributed by atoms with Crippen LogP contribution in [0.15, 0.2) is 15.8 Å². The Bertz CT molecular complexity index is 1260. The van der Waals surface area contributed by atoms with E-state index >= 15 is 0 Å². The molecule has 1 saturated heterocycles. The summed E-state index contributed by atoms with van der Waals surface area (Å²) in [6.45, 7) is 3.44. The highest BCUT2D eigenvalue weighted by Gasteiger charge is 2.34. The standard InChI is InChI=1S/C22H32N8O4/c1-3-4-5-6-15-13-30(27-26-15)14-22(34)9-11-29(12-10-22)17(31)8-7-16-23-18-19(24-16)28(2)21(33)25-20(18)32/h13,34H,3-12,14H2,1-2H3,(H,23,24)(H,25,32,33). The number of aliphatic hydroxyl groups is 1. The van der Waals surface area contributed by atoms with Gasteiger partial charge >= 0.3 is 5.69 Å². The molecule has 3 aromatic heterocycles. The molecule has 1 amide bonds. The van der Waals surface area contributed by atoms with Gasteiger partial charge in [-0.05, 0) is 25.7 Å². The zero-order valence-corrected chi connectivity index (χ0v) is 19.7. The van der Waals surface area contributed by atoms with Crippen molar-refractivity contribution in [2.24, 2.45) is 7.05 Å². The van der Waals surface area contributed by atoms with Crippen molar-refractivity contribution in [3.63, 3.8) is 0 Å². The minimum atomic E-state index is -0.921. The number of H-pyrrole nitrogens is 2. The Balaban J connectivity index is 1.28. The second kappa shape index (κ2) is 9.92. The van der Waals surface area contributed by atoms with Crippen molar-refractivity contribution in [1.82, 2.24) is 39.4 Å². The molecule has 4 rings (SSSR count). The van der Waals surface area contributed by atoms with Gasteiger partial charge in [-0.15, -0.1) is 5.10 Å². The van der Waals surface area contributed by atoms with Crippen molar-refractivity contribution in [2.45, 2.75) is 70.4 Å².